The predicted octanol–water partition coefficient (Wildman–Crippen LogP) is 3.89. The summed E-state index contributed by atoms with van der Waals surface area (Å²) >= 11 is 7.60. The maximum atomic E-state index is 13.2. The number of pyridine rings is 2. The number of aromatic amines is 1. The number of halogens is 1. The van der Waals surface area contributed by atoms with E-state index in [0.29, 0.717) is 18.0 Å². The minimum Gasteiger partial charge on any atom is -0.327 e. The van der Waals surface area contributed by atoms with E-state index in [1.807, 2.05) is 35.7 Å². The molecule has 32 heavy (non-hydrogen) atoms. The topological polar surface area (TPSA) is 99.8 Å². The Balaban J connectivity index is 1.55. The lowest BCUT2D eigenvalue weighted by Gasteiger charge is -2.18. The van der Waals surface area contributed by atoms with Gasteiger partial charge in [-0.05, 0) is 47.9 Å². The lowest BCUT2D eigenvalue weighted by atomic mass is 10.0. The Kier molecular flexibility index (Phi) is 7.06. The third kappa shape index (κ3) is 5.67. The van der Waals surface area contributed by atoms with Gasteiger partial charge in [-0.25, -0.2) is 4.98 Å². The minimum atomic E-state index is -0.598. The SMILES string of the molecule is O=C(Nc1cc(-c2ccncc2)c[nH]c1=O)[C@H](Cc1cccc(Cl)c1)NCc1cscn1. The van der Waals surface area contributed by atoms with Gasteiger partial charge in [-0.1, -0.05) is 23.7 Å². The third-order valence-electron chi connectivity index (χ3n) is 4.83. The molecule has 1 atom stereocenters. The van der Waals surface area contributed by atoms with Crippen LogP contribution < -0.4 is 16.2 Å². The van der Waals surface area contributed by atoms with Gasteiger partial charge in [0.25, 0.3) is 5.56 Å². The van der Waals surface area contributed by atoms with Gasteiger partial charge in [-0.2, -0.15) is 0 Å². The van der Waals surface area contributed by atoms with Gasteiger partial charge in [0.05, 0.1) is 17.2 Å². The molecule has 9 heteroatoms. The second-order valence-corrected chi connectivity index (χ2v) is 8.26. The van der Waals surface area contributed by atoms with Crippen LogP contribution in [0.3, 0.4) is 0 Å². The van der Waals surface area contributed by atoms with Gasteiger partial charge in [0, 0.05) is 41.1 Å². The molecule has 0 aliphatic carbocycles. The average molecular weight is 466 g/mol. The van der Waals surface area contributed by atoms with Crippen LogP contribution in [0.1, 0.15) is 11.3 Å². The molecule has 3 aromatic heterocycles. The molecule has 7 nitrogen and oxygen atoms in total. The van der Waals surface area contributed by atoms with Gasteiger partial charge in [0.15, 0.2) is 0 Å². The summed E-state index contributed by atoms with van der Waals surface area (Å²) in [4.78, 5) is 36.5. The number of hydrogen-bond acceptors (Lipinski definition) is 6. The number of benzene rings is 1. The van der Waals surface area contributed by atoms with Crippen molar-refractivity contribution in [2.45, 2.75) is 19.0 Å². The number of aromatic nitrogens is 3. The number of nitrogens with zero attached hydrogens (tertiary/aromatic N) is 2. The van der Waals surface area contributed by atoms with Crippen LogP contribution in [0.25, 0.3) is 11.1 Å². The van der Waals surface area contributed by atoms with Crippen LogP contribution in [0.15, 0.2) is 76.7 Å². The summed E-state index contributed by atoms with van der Waals surface area (Å²) in [5.74, 6) is -0.322. The van der Waals surface area contributed by atoms with Crippen molar-refractivity contribution in [1.29, 1.82) is 0 Å². The fourth-order valence-corrected chi connectivity index (χ4v) is 3.99. The van der Waals surface area contributed by atoms with E-state index >= 15 is 0 Å². The molecule has 0 radical (unpaired) electrons. The molecule has 3 N–H and O–H groups in total. The van der Waals surface area contributed by atoms with Crippen molar-refractivity contribution in [3.05, 3.63) is 98.6 Å². The van der Waals surface area contributed by atoms with E-state index in [4.69, 9.17) is 11.6 Å². The van der Waals surface area contributed by atoms with E-state index in [9.17, 15) is 9.59 Å². The highest BCUT2D eigenvalue weighted by molar-refractivity contribution is 7.07. The number of H-pyrrole nitrogens is 1. The van der Waals surface area contributed by atoms with Crippen LogP contribution in [0.5, 0.6) is 0 Å². The van der Waals surface area contributed by atoms with Crippen molar-refractivity contribution < 1.29 is 4.79 Å². The van der Waals surface area contributed by atoms with Crippen molar-refractivity contribution in [3.63, 3.8) is 0 Å². The summed E-state index contributed by atoms with van der Waals surface area (Å²) < 4.78 is 0. The van der Waals surface area contributed by atoms with E-state index in [1.165, 1.54) is 11.3 Å². The Bertz CT molecular complexity index is 1240. The molecule has 3 heterocycles. The number of hydrogen-bond donors (Lipinski definition) is 3. The first-order chi connectivity index (χ1) is 15.6. The van der Waals surface area contributed by atoms with Gasteiger partial charge < -0.3 is 10.3 Å². The molecule has 4 rings (SSSR count). The zero-order chi connectivity index (χ0) is 22.3. The molecule has 162 valence electrons. The van der Waals surface area contributed by atoms with Crippen molar-refractivity contribution >= 4 is 34.5 Å². The van der Waals surface area contributed by atoms with E-state index < -0.39 is 6.04 Å². The second kappa shape index (κ2) is 10.3. The Labute approximate surface area is 193 Å². The fraction of sp³-hybridized carbons (Fsp3) is 0.130. The Morgan fingerprint density at radius 3 is 2.75 bits per heavy atom. The summed E-state index contributed by atoms with van der Waals surface area (Å²) in [5, 5.41) is 8.54. The molecule has 4 aromatic rings. The van der Waals surface area contributed by atoms with Crippen LogP contribution in [-0.4, -0.2) is 26.9 Å². The van der Waals surface area contributed by atoms with Crippen molar-refractivity contribution in [3.8, 4) is 11.1 Å². The Hall–Kier alpha value is -3.33. The number of anilines is 1. The van der Waals surface area contributed by atoms with Gasteiger partial charge in [-0.3, -0.25) is 19.9 Å². The summed E-state index contributed by atoms with van der Waals surface area (Å²) in [7, 11) is 0. The Morgan fingerprint density at radius 2 is 2.00 bits per heavy atom. The van der Waals surface area contributed by atoms with Crippen LogP contribution in [0.4, 0.5) is 5.69 Å². The number of carbonyl (C=O) groups excluding carboxylic acids is 1. The number of amides is 1. The highest BCUT2D eigenvalue weighted by atomic mass is 35.5. The molecular weight excluding hydrogens is 446 g/mol. The molecule has 0 bridgehead atoms. The molecular formula is C23H20ClN5O2S. The number of nitrogens with one attached hydrogen (secondary N) is 3. The van der Waals surface area contributed by atoms with Crippen LogP contribution in [0, 0.1) is 0 Å². The minimum absolute atomic E-state index is 0.177. The first kappa shape index (κ1) is 21.9. The average Bonchev–Trinajstić information content (AvgIpc) is 3.32. The second-order valence-electron chi connectivity index (χ2n) is 7.10. The normalized spacial score (nSPS) is 11.8. The van der Waals surface area contributed by atoms with Crippen molar-refractivity contribution in [1.82, 2.24) is 20.3 Å². The highest BCUT2D eigenvalue weighted by Gasteiger charge is 2.20. The van der Waals surface area contributed by atoms with Gasteiger partial charge >= 0.3 is 0 Å². The zero-order valence-corrected chi connectivity index (χ0v) is 18.5. The number of thiazole rings is 1. The summed E-state index contributed by atoms with van der Waals surface area (Å²) in [5.41, 5.74) is 4.94. The molecule has 0 aliphatic rings. The van der Waals surface area contributed by atoms with Crippen LogP contribution in [-0.2, 0) is 17.8 Å². The maximum Gasteiger partial charge on any atom is 0.271 e. The smallest absolute Gasteiger partial charge is 0.271 e. The standard InChI is InChI=1S/C23H20ClN5O2S/c24-18-3-1-2-15(8-18)9-20(26-12-19-13-32-14-28-19)23(31)29-21-10-17(11-27-22(21)30)16-4-6-25-7-5-16/h1-8,10-11,13-14,20,26H,9,12H2,(H,27,30)(H,29,31)/t20-/m0/s1. The molecule has 1 amide bonds. The quantitative estimate of drug-likeness (QED) is 0.366. The van der Waals surface area contributed by atoms with E-state index in [0.717, 1.165) is 22.4 Å². The molecule has 0 unspecified atom stereocenters. The number of rotatable bonds is 8. The summed E-state index contributed by atoms with van der Waals surface area (Å²) in [6.07, 6.45) is 5.35. The molecule has 1 aromatic carbocycles. The van der Waals surface area contributed by atoms with Crippen molar-refractivity contribution in [2.24, 2.45) is 0 Å². The van der Waals surface area contributed by atoms with Gasteiger partial charge in [0.2, 0.25) is 5.91 Å². The lowest BCUT2D eigenvalue weighted by molar-refractivity contribution is -0.118. The van der Waals surface area contributed by atoms with E-state index in [-0.39, 0.29) is 17.2 Å². The zero-order valence-electron chi connectivity index (χ0n) is 16.9. The maximum absolute atomic E-state index is 13.2. The van der Waals surface area contributed by atoms with Gasteiger partial charge in [-0.15, -0.1) is 11.3 Å². The first-order valence-electron chi connectivity index (χ1n) is 9.87. The predicted molar refractivity (Wildman–Crippen MR) is 127 cm³/mol. The van der Waals surface area contributed by atoms with E-state index in [1.54, 1.807) is 36.2 Å². The summed E-state index contributed by atoms with van der Waals surface area (Å²) in [6, 6.07) is 12.1. The molecule has 0 aliphatic heterocycles. The summed E-state index contributed by atoms with van der Waals surface area (Å²) in [6.45, 7) is 0.426. The fourth-order valence-electron chi connectivity index (χ4n) is 3.22. The third-order valence-corrected chi connectivity index (χ3v) is 5.70. The first-order valence-corrected chi connectivity index (χ1v) is 11.2. The Morgan fingerprint density at radius 1 is 1.16 bits per heavy atom. The molecule has 0 fully saturated rings. The van der Waals surface area contributed by atoms with Crippen LogP contribution >= 0.6 is 22.9 Å². The van der Waals surface area contributed by atoms with Gasteiger partial charge in [0.1, 0.15) is 5.69 Å². The highest BCUT2D eigenvalue weighted by Crippen LogP contribution is 2.19. The molecule has 0 spiro atoms. The van der Waals surface area contributed by atoms with E-state index in [2.05, 4.69) is 25.6 Å². The molecule has 0 saturated carbocycles. The lowest BCUT2D eigenvalue weighted by Crippen LogP contribution is -2.42. The van der Waals surface area contributed by atoms with Crippen LogP contribution in [0.2, 0.25) is 5.02 Å². The molecule has 0 saturated heterocycles. The largest absolute Gasteiger partial charge is 0.327 e. The monoisotopic (exact) mass is 465 g/mol. The van der Waals surface area contributed by atoms with Crippen molar-refractivity contribution in [2.75, 3.05) is 5.32 Å². The number of carbonyl (C=O) groups is 1.